The quantitative estimate of drug-likeness (QED) is 0.0378. The van der Waals surface area contributed by atoms with Gasteiger partial charge in [0.1, 0.15) is 6.61 Å². The van der Waals surface area contributed by atoms with Gasteiger partial charge < -0.3 is 104 Å². The molecule has 0 radical (unpaired) electrons. The molecule has 0 aliphatic rings. The van der Waals surface area contributed by atoms with E-state index in [1.807, 2.05) is 0 Å². The van der Waals surface area contributed by atoms with Crippen LogP contribution in [0, 0.1) is 11.8 Å². The van der Waals surface area contributed by atoms with Gasteiger partial charge in [-0.2, -0.15) is 0 Å². The molecule has 0 aromatic carbocycles. The number of hydrogen-bond donors (Lipinski definition) is 0. The highest BCUT2D eigenvalue weighted by atomic mass is 16.6. The summed E-state index contributed by atoms with van der Waals surface area (Å²) in [5, 5.41) is 0. The van der Waals surface area contributed by atoms with Crippen molar-refractivity contribution in [3.8, 4) is 0 Å². The molecule has 23 heteroatoms. The zero-order chi connectivity index (χ0) is 61.5. The van der Waals surface area contributed by atoms with Gasteiger partial charge in [-0.25, -0.2) is 4.79 Å². The van der Waals surface area contributed by atoms with Gasteiger partial charge in [0.05, 0.1) is 264 Å². The molecule has 508 valence electrons. The number of esters is 1. The van der Waals surface area contributed by atoms with Crippen LogP contribution in [0.5, 0.6) is 0 Å². The zero-order valence-corrected chi connectivity index (χ0v) is 54.1. The van der Waals surface area contributed by atoms with E-state index in [4.69, 9.17) is 99.5 Å². The van der Waals surface area contributed by atoms with Crippen molar-refractivity contribution in [1.82, 2.24) is 4.90 Å². The van der Waals surface area contributed by atoms with Gasteiger partial charge >= 0.3 is 5.97 Å². The summed E-state index contributed by atoms with van der Waals surface area (Å²) >= 11 is 0. The molecule has 0 spiro atoms. The molecule has 0 aliphatic heterocycles. The maximum absolute atomic E-state index is 11.2. The summed E-state index contributed by atoms with van der Waals surface area (Å²) in [5.41, 5.74) is 0.366. The fourth-order valence-electron chi connectivity index (χ4n) is 7.61. The van der Waals surface area contributed by atoms with Gasteiger partial charge in [-0.3, -0.25) is 0 Å². The highest BCUT2D eigenvalue weighted by Crippen LogP contribution is 2.19. The average Bonchev–Trinajstić information content (AvgIpc) is 3.52. The smallest absolute Gasteiger partial charge is 0.333 e. The summed E-state index contributed by atoms with van der Waals surface area (Å²) in [6.07, 6.45) is 10.4. The van der Waals surface area contributed by atoms with Gasteiger partial charge in [0.2, 0.25) is 0 Å². The van der Waals surface area contributed by atoms with Gasteiger partial charge in [-0.1, -0.05) is 72.8 Å². The van der Waals surface area contributed by atoms with E-state index in [-0.39, 0.29) is 6.61 Å². The summed E-state index contributed by atoms with van der Waals surface area (Å²) < 4.78 is 116. The largest absolute Gasteiger partial charge is 0.460 e. The number of unbranched alkanes of at least 4 members (excludes halogenated alkanes) is 2. The van der Waals surface area contributed by atoms with Crippen LogP contribution in [0.4, 0.5) is 0 Å². The molecule has 0 aliphatic carbocycles. The predicted molar refractivity (Wildman–Crippen MR) is 325 cm³/mol. The Kier molecular flexibility index (Phi) is 71.7. The summed E-state index contributed by atoms with van der Waals surface area (Å²) in [4.78, 5) is 13.9. The first-order valence-electron chi connectivity index (χ1n) is 32.1. The minimum Gasteiger partial charge on any atom is -0.460 e. The number of carbonyl (C=O) groups excluding carboxylic acids is 1. The van der Waals surface area contributed by atoms with Crippen LogP contribution in [-0.4, -0.2) is 301 Å². The van der Waals surface area contributed by atoms with Gasteiger partial charge in [0, 0.05) is 25.2 Å². The molecule has 0 saturated heterocycles. The Bertz CT molecular complexity index is 1280. The predicted octanol–water partition coefficient (Wildman–Crippen LogP) is 6.17. The Morgan fingerprint density at radius 1 is 0.294 bits per heavy atom. The molecule has 0 heterocycles. The molecular weight excluding hydrogens is 1110 g/mol. The van der Waals surface area contributed by atoms with Crippen molar-refractivity contribution in [3.05, 3.63) is 12.2 Å². The minimum absolute atomic E-state index is 0.192. The molecule has 0 bridgehead atoms. The molecule has 2 unspecified atom stereocenters. The van der Waals surface area contributed by atoms with E-state index >= 15 is 0 Å². The molecule has 0 aromatic rings. The Morgan fingerprint density at radius 3 is 0.635 bits per heavy atom. The van der Waals surface area contributed by atoms with Crippen LogP contribution < -0.4 is 0 Å². The lowest BCUT2D eigenvalue weighted by Gasteiger charge is -2.30. The van der Waals surface area contributed by atoms with Crippen molar-refractivity contribution in [3.63, 3.8) is 0 Å². The van der Waals surface area contributed by atoms with Crippen LogP contribution in [0.15, 0.2) is 12.2 Å². The van der Waals surface area contributed by atoms with Gasteiger partial charge in [0.15, 0.2) is 0 Å². The highest BCUT2D eigenvalue weighted by Gasteiger charge is 2.17. The Balaban J connectivity index is 3.25. The minimum atomic E-state index is -0.417. The normalized spacial score (nSPS) is 12.5. The van der Waals surface area contributed by atoms with Crippen LogP contribution in [0.3, 0.4) is 0 Å². The first-order chi connectivity index (χ1) is 42.0. The second-order valence-corrected chi connectivity index (χ2v) is 19.8. The summed E-state index contributed by atoms with van der Waals surface area (Å²) in [5.74, 6) is 1.14. The maximum atomic E-state index is 11.2. The molecule has 0 aromatic heterocycles. The SMILES string of the molecule is C=C(C)C(=O)OCCOCCOCCOCCOCCOCCOCCOCCOCCOCCOCCOCCOCCOCCOCCOCCOCCOCCOCCOCCOCCN(CC(CC)CCCC)CC(CC)CCCC. The van der Waals surface area contributed by atoms with E-state index < -0.39 is 5.97 Å². The third kappa shape index (κ3) is 68.1. The first kappa shape index (κ1) is 83.4. The third-order valence-corrected chi connectivity index (χ3v) is 12.5. The van der Waals surface area contributed by atoms with Crippen molar-refractivity contribution in [2.24, 2.45) is 11.8 Å². The highest BCUT2D eigenvalue weighted by molar-refractivity contribution is 5.86. The molecule has 0 rings (SSSR count). The van der Waals surface area contributed by atoms with E-state index in [0.29, 0.717) is 263 Å². The van der Waals surface area contributed by atoms with Gasteiger partial charge in [0.25, 0.3) is 0 Å². The van der Waals surface area contributed by atoms with E-state index in [0.717, 1.165) is 25.0 Å². The molecular formula is C62H123NO22. The average molecular weight is 1230 g/mol. The Hall–Kier alpha value is -1.63. The molecule has 0 N–H and O–H groups in total. The standard InChI is InChI=1S/C62H123NO22/c1-7-11-13-60(9-3)57-63(58-61(10-4)14-12-8-2)15-16-65-17-18-66-19-20-67-21-22-68-23-24-69-25-26-70-27-28-71-29-30-72-31-32-73-33-34-74-35-36-75-37-38-76-39-40-77-41-42-78-43-44-79-45-46-80-47-48-81-49-50-82-51-52-83-53-54-84-55-56-85-62(64)59(5)6/h60-61H,5,7-58H2,1-4,6H3. The van der Waals surface area contributed by atoms with Crippen LogP contribution in [0.1, 0.15) is 86.0 Å². The molecule has 0 saturated carbocycles. The number of carbonyl (C=O) groups is 1. The van der Waals surface area contributed by atoms with Crippen molar-refractivity contribution in [2.45, 2.75) is 86.0 Å². The lowest BCUT2D eigenvalue weighted by Crippen LogP contribution is -2.36. The van der Waals surface area contributed by atoms with E-state index in [9.17, 15) is 4.79 Å². The van der Waals surface area contributed by atoms with Crippen LogP contribution in [0.25, 0.3) is 0 Å². The molecule has 85 heavy (non-hydrogen) atoms. The van der Waals surface area contributed by atoms with Crippen LogP contribution in [0.2, 0.25) is 0 Å². The number of nitrogens with zero attached hydrogens (tertiary/aromatic N) is 1. The van der Waals surface area contributed by atoms with Crippen molar-refractivity contribution in [2.75, 3.05) is 291 Å². The Morgan fingerprint density at radius 2 is 0.471 bits per heavy atom. The zero-order valence-electron chi connectivity index (χ0n) is 54.1. The maximum Gasteiger partial charge on any atom is 0.333 e. The fraction of sp³-hybridized carbons (Fsp3) is 0.952. The number of rotatable bonds is 76. The van der Waals surface area contributed by atoms with E-state index in [2.05, 4.69) is 39.2 Å². The summed E-state index contributed by atoms with van der Waals surface area (Å²) in [6.45, 7) is 37.8. The van der Waals surface area contributed by atoms with Gasteiger partial charge in [-0.05, 0) is 31.6 Å². The fourth-order valence-corrected chi connectivity index (χ4v) is 7.61. The second-order valence-electron chi connectivity index (χ2n) is 19.8. The number of hydrogen-bond acceptors (Lipinski definition) is 23. The summed E-state index contributed by atoms with van der Waals surface area (Å²) in [7, 11) is 0. The van der Waals surface area contributed by atoms with Crippen molar-refractivity contribution >= 4 is 5.97 Å². The second kappa shape index (κ2) is 73.1. The lowest BCUT2D eigenvalue weighted by molar-refractivity contribution is -0.140. The van der Waals surface area contributed by atoms with Crippen LogP contribution >= 0.6 is 0 Å². The van der Waals surface area contributed by atoms with Gasteiger partial charge in [-0.15, -0.1) is 0 Å². The first-order valence-corrected chi connectivity index (χ1v) is 32.1. The lowest BCUT2D eigenvalue weighted by atomic mass is 9.96. The molecule has 0 fully saturated rings. The van der Waals surface area contributed by atoms with E-state index in [1.54, 1.807) is 6.92 Å². The summed E-state index contributed by atoms with van der Waals surface area (Å²) in [6, 6.07) is 0. The number of ether oxygens (including phenoxy) is 21. The Labute approximate surface area is 514 Å². The monoisotopic (exact) mass is 1230 g/mol. The topological polar surface area (TPSA) is 214 Å². The van der Waals surface area contributed by atoms with E-state index in [1.165, 1.54) is 64.5 Å². The van der Waals surface area contributed by atoms with Crippen LogP contribution in [-0.2, 0) is 104 Å². The molecule has 23 nitrogen and oxygen atoms in total. The van der Waals surface area contributed by atoms with Crippen molar-refractivity contribution < 1.29 is 104 Å². The third-order valence-electron chi connectivity index (χ3n) is 12.5. The molecule has 0 amide bonds. The molecule has 2 atom stereocenters. The van der Waals surface area contributed by atoms with Crippen molar-refractivity contribution in [1.29, 1.82) is 0 Å².